The van der Waals surface area contributed by atoms with E-state index in [2.05, 4.69) is 70.0 Å². The van der Waals surface area contributed by atoms with Gasteiger partial charge in [0.15, 0.2) is 6.29 Å². The maximum absolute atomic E-state index is 12.1. The molecule has 0 aromatic rings. The molecule has 58 heavy (non-hydrogen) atoms. The molecular formula is C52H99NO5. The first-order valence-electron chi connectivity index (χ1n) is 25.2. The molecule has 0 saturated carbocycles. The Morgan fingerprint density at radius 3 is 1.64 bits per heavy atom. The fourth-order valence-electron chi connectivity index (χ4n) is 7.36. The highest BCUT2D eigenvalue weighted by Gasteiger charge is 2.19. The second-order valence-electron chi connectivity index (χ2n) is 17.2. The highest BCUT2D eigenvalue weighted by Crippen LogP contribution is 2.18. The van der Waals surface area contributed by atoms with E-state index in [0.29, 0.717) is 19.6 Å². The molecule has 6 heteroatoms. The van der Waals surface area contributed by atoms with E-state index >= 15 is 0 Å². The van der Waals surface area contributed by atoms with Crippen LogP contribution in [0.5, 0.6) is 0 Å². The van der Waals surface area contributed by atoms with Crippen LogP contribution >= 0.6 is 0 Å². The van der Waals surface area contributed by atoms with Crippen molar-refractivity contribution >= 4 is 5.97 Å². The molecule has 0 radical (unpaired) electrons. The summed E-state index contributed by atoms with van der Waals surface area (Å²) in [6.45, 7) is 12.0. The summed E-state index contributed by atoms with van der Waals surface area (Å²) in [5.41, 5.74) is 0. The predicted octanol–water partition coefficient (Wildman–Crippen LogP) is 15.2. The van der Waals surface area contributed by atoms with Gasteiger partial charge in [0.2, 0.25) is 0 Å². The lowest BCUT2D eigenvalue weighted by Crippen LogP contribution is -2.35. The van der Waals surface area contributed by atoms with Crippen LogP contribution in [-0.4, -0.2) is 67.8 Å². The van der Waals surface area contributed by atoms with Crippen LogP contribution < -0.4 is 0 Å². The highest BCUT2D eigenvalue weighted by atomic mass is 16.7. The molecule has 0 aromatic heterocycles. The van der Waals surface area contributed by atoms with Gasteiger partial charge in [0.25, 0.3) is 0 Å². The number of carbonyl (C=O) groups is 1. The molecule has 0 amide bonds. The Morgan fingerprint density at radius 2 is 1.02 bits per heavy atom. The van der Waals surface area contributed by atoms with Crippen molar-refractivity contribution in [3.05, 3.63) is 36.5 Å². The Kier molecular flexibility index (Phi) is 45.4. The maximum Gasteiger partial charge on any atom is 0.306 e. The lowest BCUT2D eigenvalue weighted by molar-refractivity contribution is -0.173. The molecular weight excluding hydrogens is 719 g/mol. The van der Waals surface area contributed by atoms with Crippen molar-refractivity contribution in [1.82, 2.24) is 4.90 Å². The topological polar surface area (TPSA) is 68.2 Å². The van der Waals surface area contributed by atoms with Gasteiger partial charge in [0.1, 0.15) is 6.61 Å². The molecule has 0 rings (SSSR count). The number of aliphatic hydroxyl groups is 1. The van der Waals surface area contributed by atoms with E-state index in [1.807, 2.05) is 6.08 Å². The van der Waals surface area contributed by atoms with Gasteiger partial charge >= 0.3 is 5.97 Å². The SMILES string of the molecule is CCCCCC/C=C\CCC(O)CCCCCCC(CN(C)CCCCCCCCC(=O)OC/C=C\CCCCCC)OC(CCCC)OC/C=C\CCCCCC. The van der Waals surface area contributed by atoms with Crippen molar-refractivity contribution in [2.45, 2.75) is 258 Å². The molecule has 0 aliphatic carbocycles. The lowest BCUT2D eigenvalue weighted by Gasteiger charge is -2.28. The van der Waals surface area contributed by atoms with Crippen LogP contribution in [0, 0.1) is 0 Å². The van der Waals surface area contributed by atoms with Crippen molar-refractivity contribution < 1.29 is 24.1 Å². The third-order valence-electron chi connectivity index (χ3n) is 11.2. The molecule has 342 valence electrons. The molecule has 0 aromatic carbocycles. The van der Waals surface area contributed by atoms with Gasteiger partial charge in [0, 0.05) is 13.0 Å². The third kappa shape index (κ3) is 42.6. The minimum absolute atomic E-state index is 0.0633. The van der Waals surface area contributed by atoms with E-state index in [1.54, 1.807) is 0 Å². The van der Waals surface area contributed by atoms with Gasteiger partial charge in [-0.25, -0.2) is 0 Å². The monoisotopic (exact) mass is 818 g/mol. The average molecular weight is 818 g/mol. The summed E-state index contributed by atoms with van der Waals surface area (Å²) in [6, 6.07) is 0. The lowest BCUT2D eigenvalue weighted by atomic mass is 10.0. The fraction of sp³-hybridized carbons (Fsp3) is 0.865. The van der Waals surface area contributed by atoms with Crippen molar-refractivity contribution in [2.24, 2.45) is 0 Å². The summed E-state index contributed by atoms with van der Waals surface area (Å²) in [5, 5.41) is 10.5. The number of aliphatic hydroxyl groups excluding tert-OH is 1. The van der Waals surface area contributed by atoms with Gasteiger partial charge in [-0.05, 0) is 103 Å². The minimum atomic E-state index is -0.178. The smallest absolute Gasteiger partial charge is 0.306 e. The molecule has 0 saturated heterocycles. The zero-order valence-corrected chi connectivity index (χ0v) is 39.4. The summed E-state index contributed by atoms with van der Waals surface area (Å²) in [4.78, 5) is 14.5. The molecule has 3 unspecified atom stereocenters. The van der Waals surface area contributed by atoms with Gasteiger partial charge in [0.05, 0.1) is 18.8 Å². The largest absolute Gasteiger partial charge is 0.461 e. The third-order valence-corrected chi connectivity index (χ3v) is 11.2. The predicted molar refractivity (Wildman–Crippen MR) is 252 cm³/mol. The van der Waals surface area contributed by atoms with Gasteiger partial charge in [-0.15, -0.1) is 0 Å². The van der Waals surface area contributed by atoms with Crippen LogP contribution in [-0.2, 0) is 19.0 Å². The molecule has 3 atom stereocenters. The number of rotatable bonds is 46. The van der Waals surface area contributed by atoms with Crippen LogP contribution in [0.25, 0.3) is 0 Å². The quantitative estimate of drug-likeness (QED) is 0.0286. The van der Waals surface area contributed by atoms with E-state index in [-0.39, 0.29) is 24.5 Å². The van der Waals surface area contributed by atoms with Gasteiger partial charge in [-0.1, -0.05) is 180 Å². The van der Waals surface area contributed by atoms with Gasteiger partial charge in [-0.2, -0.15) is 0 Å². The Balaban J connectivity index is 4.63. The minimum Gasteiger partial charge on any atom is -0.461 e. The van der Waals surface area contributed by atoms with Crippen LogP contribution in [0.2, 0.25) is 0 Å². The van der Waals surface area contributed by atoms with E-state index in [0.717, 1.165) is 96.6 Å². The van der Waals surface area contributed by atoms with Crippen LogP contribution in [0.4, 0.5) is 0 Å². The molecule has 0 fully saturated rings. The fourth-order valence-corrected chi connectivity index (χ4v) is 7.36. The van der Waals surface area contributed by atoms with E-state index in [1.165, 1.54) is 122 Å². The van der Waals surface area contributed by atoms with E-state index in [4.69, 9.17) is 14.2 Å². The van der Waals surface area contributed by atoms with Crippen molar-refractivity contribution in [2.75, 3.05) is 33.4 Å². The van der Waals surface area contributed by atoms with Crippen LogP contribution in [0.1, 0.15) is 240 Å². The molecule has 6 nitrogen and oxygen atoms in total. The zero-order valence-electron chi connectivity index (χ0n) is 39.4. The van der Waals surface area contributed by atoms with Crippen LogP contribution in [0.15, 0.2) is 36.5 Å². The first-order valence-corrected chi connectivity index (χ1v) is 25.2. The summed E-state index contributed by atoms with van der Waals surface area (Å²) in [6.07, 6.45) is 50.9. The standard InChI is InChI=1S/C52H99NO5/c1-6-10-14-17-20-21-26-33-40-49(54)41-34-28-29-35-42-50(58-52(44-13-9-4)57-47-39-32-25-19-16-12-8-3)48-53(5)45-37-30-23-22-27-36-43-51(55)56-46-38-31-24-18-15-11-7-2/h21,26,31-32,38-39,49-50,52,54H,6-20,22-25,27-30,33-37,40-48H2,1-5H3/b26-21-,38-31-,39-32-. The molecule has 0 aliphatic heterocycles. The number of ether oxygens (including phenoxy) is 3. The Bertz CT molecular complexity index is 919. The number of nitrogens with zero attached hydrogens (tertiary/aromatic N) is 1. The van der Waals surface area contributed by atoms with Gasteiger partial charge in [-0.3, -0.25) is 4.79 Å². The molecule has 0 heterocycles. The zero-order chi connectivity index (χ0) is 42.4. The average Bonchev–Trinajstić information content (AvgIpc) is 3.21. The summed E-state index contributed by atoms with van der Waals surface area (Å²) < 4.78 is 18.5. The Morgan fingerprint density at radius 1 is 0.517 bits per heavy atom. The van der Waals surface area contributed by atoms with Crippen molar-refractivity contribution in [1.29, 1.82) is 0 Å². The number of allylic oxidation sites excluding steroid dienone is 4. The summed E-state index contributed by atoms with van der Waals surface area (Å²) in [7, 11) is 2.25. The second kappa shape index (κ2) is 46.6. The van der Waals surface area contributed by atoms with E-state index in [9.17, 15) is 9.90 Å². The normalized spacial score (nSPS) is 13.8. The van der Waals surface area contributed by atoms with Crippen molar-refractivity contribution in [3.8, 4) is 0 Å². The van der Waals surface area contributed by atoms with Crippen molar-refractivity contribution in [3.63, 3.8) is 0 Å². The summed E-state index contributed by atoms with van der Waals surface area (Å²) >= 11 is 0. The maximum atomic E-state index is 12.1. The Labute approximate surface area is 361 Å². The molecule has 1 N–H and O–H groups in total. The first kappa shape index (κ1) is 56.5. The number of carbonyl (C=O) groups excluding carboxylic acids is 1. The Hall–Kier alpha value is -1.47. The molecule has 0 spiro atoms. The number of hydrogen-bond donors (Lipinski definition) is 1. The van der Waals surface area contributed by atoms with Crippen LogP contribution in [0.3, 0.4) is 0 Å². The number of likely N-dealkylation sites (N-methyl/N-ethyl adjacent to an activating group) is 1. The number of unbranched alkanes of at least 4 members (excludes halogenated alkanes) is 21. The van der Waals surface area contributed by atoms with Gasteiger partial charge < -0.3 is 24.2 Å². The molecule has 0 bridgehead atoms. The first-order chi connectivity index (χ1) is 28.5. The second-order valence-corrected chi connectivity index (χ2v) is 17.2. The van der Waals surface area contributed by atoms with E-state index < -0.39 is 0 Å². The molecule has 0 aliphatic rings. The summed E-state index contributed by atoms with van der Waals surface area (Å²) in [5.74, 6) is -0.0633. The highest BCUT2D eigenvalue weighted by molar-refractivity contribution is 5.69. The number of esters is 1. The number of hydrogen-bond acceptors (Lipinski definition) is 6.